The van der Waals surface area contributed by atoms with Gasteiger partial charge in [-0.15, -0.1) is 0 Å². The van der Waals surface area contributed by atoms with E-state index in [2.05, 4.69) is 41.5 Å². The van der Waals surface area contributed by atoms with Crippen molar-refractivity contribution < 1.29 is 23.9 Å². The summed E-state index contributed by atoms with van der Waals surface area (Å²) >= 11 is 0. The predicted octanol–water partition coefficient (Wildman–Crippen LogP) is 5.89. The van der Waals surface area contributed by atoms with Crippen molar-refractivity contribution in [3.05, 3.63) is 70.8 Å². The van der Waals surface area contributed by atoms with Crippen molar-refractivity contribution in [1.82, 2.24) is 4.90 Å². The molecule has 2 aromatic rings. The minimum absolute atomic E-state index is 0.199. The fourth-order valence-electron chi connectivity index (χ4n) is 5.68. The second kappa shape index (κ2) is 10.9. The van der Waals surface area contributed by atoms with Crippen LogP contribution in [0.1, 0.15) is 79.3 Å². The number of aliphatic carboxylic acids is 1. The van der Waals surface area contributed by atoms with E-state index in [4.69, 9.17) is 4.43 Å². The van der Waals surface area contributed by atoms with Crippen LogP contribution in [0.4, 0.5) is 0 Å². The van der Waals surface area contributed by atoms with Gasteiger partial charge in [-0.1, -0.05) is 77.9 Å². The molecule has 0 aliphatic carbocycles. The SMILES string of the molecule is CC(C)[Si](OCCc1ccc(C(CN2C(=O)c3ccccc3C2=O)C(=O)O)cc1)(C(C)C)C(C)C. The number of hydrogen-bond acceptors (Lipinski definition) is 4. The lowest BCUT2D eigenvalue weighted by molar-refractivity contribution is -0.138. The zero-order valence-corrected chi connectivity index (χ0v) is 22.6. The Balaban J connectivity index is 1.69. The van der Waals surface area contributed by atoms with Crippen LogP contribution in [-0.2, 0) is 15.6 Å². The average Bonchev–Trinajstić information content (AvgIpc) is 3.04. The summed E-state index contributed by atoms with van der Waals surface area (Å²) < 4.78 is 6.64. The summed E-state index contributed by atoms with van der Waals surface area (Å²) in [6, 6.07) is 14.0. The molecule has 2 aromatic carbocycles. The molecule has 6 nitrogen and oxygen atoms in total. The number of carboxylic acid groups (broad SMARTS) is 1. The Kier molecular flexibility index (Phi) is 8.33. The maximum Gasteiger partial charge on any atom is 0.312 e. The number of carbonyl (C=O) groups is 3. The Morgan fingerprint density at radius 3 is 1.77 bits per heavy atom. The molecular formula is C28H37NO5Si. The van der Waals surface area contributed by atoms with Gasteiger partial charge in [0.1, 0.15) is 0 Å². The van der Waals surface area contributed by atoms with E-state index in [-0.39, 0.29) is 6.54 Å². The van der Waals surface area contributed by atoms with Gasteiger partial charge in [-0.3, -0.25) is 19.3 Å². The number of imide groups is 1. The third kappa shape index (κ3) is 5.26. The van der Waals surface area contributed by atoms with Crippen molar-refractivity contribution in [2.75, 3.05) is 13.2 Å². The zero-order valence-electron chi connectivity index (χ0n) is 21.6. The summed E-state index contributed by atoms with van der Waals surface area (Å²) in [7, 11) is -1.93. The number of nitrogens with zero attached hydrogens (tertiary/aromatic N) is 1. The van der Waals surface area contributed by atoms with Gasteiger partial charge in [0.25, 0.3) is 11.8 Å². The molecule has 3 rings (SSSR count). The van der Waals surface area contributed by atoms with Crippen molar-refractivity contribution in [2.45, 2.75) is 70.5 Å². The topological polar surface area (TPSA) is 83.9 Å². The van der Waals surface area contributed by atoms with Crippen LogP contribution in [-0.4, -0.2) is 49.3 Å². The first-order valence-electron chi connectivity index (χ1n) is 12.4. The Morgan fingerprint density at radius 2 is 1.34 bits per heavy atom. The smallest absolute Gasteiger partial charge is 0.312 e. The molecule has 1 unspecified atom stereocenters. The molecule has 0 aromatic heterocycles. The Labute approximate surface area is 209 Å². The van der Waals surface area contributed by atoms with E-state index in [0.29, 0.717) is 39.9 Å². The molecule has 0 saturated heterocycles. The van der Waals surface area contributed by atoms with Crippen LogP contribution >= 0.6 is 0 Å². The second-order valence-corrected chi connectivity index (χ2v) is 15.8. The minimum atomic E-state index is -1.93. The van der Waals surface area contributed by atoms with E-state index in [0.717, 1.165) is 16.9 Å². The zero-order chi connectivity index (χ0) is 25.9. The monoisotopic (exact) mass is 495 g/mol. The molecule has 7 heteroatoms. The van der Waals surface area contributed by atoms with Crippen LogP contribution in [0.2, 0.25) is 16.6 Å². The molecule has 2 amide bonds. The van der Waals surface area contributed by atoms with Gasteiger partial charge in [0.15, 0.2) is 8.32 Å². The highest BCUT2D eigenvalue weighted by molar-refractivity contribution is 6.77. The fraction of sp³-hybridized carbons (Fsp3) is 0.464. The summed E-state index contributed by atoms with van der Waals surface area (Å²) in [4.78, 5) is 38.5. The maximum absolute atomic E-state index is 12.7. The first-order chi connectivity index (χ1) is 16.5. The highest BCUT2D eigenvalue weighted by Gasteiger charge is 2.44. The normalized spacial score (nSPS) is 14.8. The molecule has 0 radical (unpaired) electrons. The van der Waals surface area contributed by atoms with E-state index in [1.807, 2.05) is 12.1 Å². The van der Waals surface area contributed by atoms with Gasteiger partial charge in [0, 0.05) is 13.2 Å². The third-order valence-electron chi connectivity index (χ3n) is 7.37. The van der Waals surface area contributed by atoms with Crippen LogP contribution in [0.3, 0.4) is 0 Å². The molecular weight excluding hydrogens is 458 g/mol. The number of benzene rings is 2. The first kappa shape index (κ1) is 26.8. The van der Waals surface area contributed by atoms with Crippen molar-refractivity contribution >= 4 is 26.1 Å². The Morgan fingerprint density at radius 1 is 0.857 bits per heavy atom. The van der Waals surface area contributed by atoms with Gasteiger partial charge in [-0.2, -0.15) is 0 Å². The van der Waals surface area contributed by atoms with Crippen LogP contribution < -0.4 is 0 Å². The van der Waals surface area contributed by atoms with E-state index < -0.39 is 32.0 Å². The highest BCUT2D eigenvalue weighted by Crippen LogP contribution is 2.42. The molecule has 0 saturated carbocycles. The minimum Gasteiger partial charge on any atom is -0.481 e. The van der Waals surface area contributed by atoms with Crippen molar-refractivity contribution in [3.8, 4) is 0 Å². The molecule has 1 aliphatic rings. The Hall–Kier alpha value is -2.77. The summed E-state index contributed by atoms with van der Waals surface area (Å²) in [6.07, 6.45) is 0.747. The molecule has 1 N–H and O–H groups in total. The molecule has 188 valence electrons. The van der Waals surface area contributed by atoms with Gasteiger partial charge in [-0.05, 0) is 46.3 Å². The van der Waals surface area contributed by atoms with E-state index >= 15 is 0 Å². The molecule has 35 heavy (non-hydrogen) atoms. The van der Waals surface area contributed by atoms with Crippen molar-refractivity contribution in [2.24, 2.45) is 0 Å². The number of carbonyl (C=O) groups excluding carboxylic acids is 2. The number of fused-ring (bicyclic) bond motifs is 1. The lowest BCUT2D eigenvalue weighted by Crippen LogP contribution is -2.48. The quantitative estimate of drug-likeness (QED) is 0.311. The van der Waals surface area contributed by atoms with E-state index in [9.17, 15) is 19.5 Å². The molecule has 0 bridgehead atoms. The predicted molar refractivity (Wildman–Crippen MR) is 139 cm³/mol. The van der Waals surface area contributed by atoms with Gasteiger partial charge < -0.3 is 9.53 Å². The fourth-order valence-corrected chi connectivity index (χ4v) is 11.1. The second-order valence-electron chi connectivity index (χ2n) is 10.3. The number of carboxylic acids is 1. The molecule has 1 heterocycles. The van der Waals surface area contributed by atoms with Gasteiger partial charge >= 0.3 is 5.97 Å². The standard InChI is InChI=1S/C28H37NO5Si/c1-18(2)35(19(3)4,20(5)6)34-16-15-21-11-13-22(14-12-21)25(28(32)33)17-29-26(30)23-9-7-8-10-24(23)27(29)31/h7-14,18-20,25H,15-17H2,1-6H3,(H,32,33). The molecule has 1 aliphatic heterocycles. The van der Waals surface area contributed by atoms with Crippen molar-refractivity contribution in [3.63, 3.8) is 0 Å². The maximum atomic E-state index is 12.7. The van der Waals surface area contributed by atoms with Crippen LogP contribution in [0.15, 0.2) is 48.5 Å². The summed E-state index contributed by atoms with van der Waals surface area (Å²) in [6.45, 7) is 14.0. The summed E-state index contributed by atoms with van der Waals surface area (Å²) in [5.74, 6) is -2.96. The number of hydrogen-bond donors (Lipinski definition) is 1. The number of amides is 2. The summed E-state index contributed by atoms with van der Waals surface area (Å²) in [5, 5.41) is 9.87. The number of rotatable bonds is 11. The van der Waals surface area contributed by atoms with Gasteiger partial charge in [0.05, 0.1) is 17.0 Å². The van der Waals surface area contributed by atoms with Crippen LogP contribution in [0.5, 0.6) is 0 Å². The first-order valence-corrected chi connectivity index (χ1v) is 14.6. The molecule has 0 spiro atoms. The van der Waals surface area contributed by atoms with Crippen LogP contribution in [0.25, 0.3) is 0 Å². The van der Waals surface area contributed by atoms with Gasteiger partial charge in [0.2, 0.25) is 0 Å². The highest BCUT2D eigenvalue weighted by atomic mass is 28.4. The Bertz CT molecular complexity index is 1020. The van der Waals surface area contributed by atoms with Crippen molar-refractivity contribution in [1.29, 1.82) is 0 Å². The van der Waals surface area contributed by atoms with Crippen LogP contribution in [0, 0.1) is 0 Å². The van der Waals surface area contributed by atoms with E-state index in [1.54, 1.807) is 36.4 Å². The molecule has 1 atom stereocenters. The lowest BCUT2D eigenvalue weighted by atomic mass is 9.97. The van der Waals surface area contributed by atoms with Gasteiger partial charge in [-0.25, -0.2) is 0 Å². The van der Waals surface area contributed by atoms with E-state index in [1.165, 1.54) is 0 Å². The lowest BCUT2D eigenvalue weighted by Gasteiger charge is -2.42. The third-order valence-corrected chi connectivity index (χ3v) is 13.5. The average molecular weight is 496 g/mol. The summed E-state index contributed by atoms with van der Waals surface area (Å²) in [5.41, 5.74) is 3.82. The molecule has 0 fully saturated rings. The largest absolute Gasteiger partial charge is 0.481 e.